The molecule has 3 rings (SSSR count). The molecule has 8 heteroatoms. The zero-order valence-corrected chi connectivity index (χ0v) is 18.6. The van der Waals surface area contributed by atoms with Crippen molar-refractivity contribution < 1.29 is 22.7 Å². The first-order valence-electron chi connectivity index (χ1n) is 10.7. The van der Waals surface area contributed by atoms with Crippen LogP contribution >= 0.6 is 0 Å². The van der Waals surface area contributed by atoms with Crippen LogP contribution in [0.1, 0.15) is 48.1 Å². The second kappa shape index (κ2) is 9.92. The van der Waals surface area contributed by atoms with Gasteiger partial charge in [0, 0.05) is 19.6 Å². The van der Waals surface area contributed by atoms with Crippen molar-refractivity contribution in [3.05, 3.63) is 70.8 Å². The zero-order chi connectivity index (χ0) is 23.4. The van der Waals surface area contributed by atoms with E-state index in [0.29, 0.717) is 30.7 Å². The molecule has 2 aromatic rings. The molecule has 1 fully saturated rings. The molecule has 2 amide bonds. The zero-order valence-electron chi connectivity index (χ0n) is 18.6. The number of amides is 2. The van der Waals surface area contributed by atoms with Gasteiger partial charge in [-0.05, 0) is 49.9 Å². The van der Waals surface area contributed by atoms with E-state index >= 15 is 0 Å². The number of hydrogen-bond acceptors (Lipinski definition) is 3. The van der Waals surface area contributed by atoms with E-state index in [1.165, 1.54) is 0 Å². The van der Waals surface area contributed by atoms with Crippen LogP contribution in [0.25, 0.3) is 0 Å². The van der Waals surface area contributed by atoms with Crippen LogP contribution < -0.4 is 16.0 Å². The van der Waals surface area contributed by atoms with Crippen molar-refractivity contribution in [3.8, 4) is 0 Å². The first-order chi connectivity index (χ1) is 15.1. The molecule has 1 heterocycles. The van der Waals surface area contributed by atoms with Gasteiger partial charge in [0.25, 0.3) is 0 Å². The average molecular weight is 450 g/mol. The molecule has 32 heavy (non-hydrogen) atoms. The summed E-state index contributed by atoms with van der Waals surface area (Å²) in [4.78, 5) is 11.7. The maximum absolute atomic E-state index is 13.2. The van der Waals surface area contributed by atoms with Gasteiger partial charge in [0.05, 0.1) is 23.8 Å². The van der Waals surface area contributed by atoms with E-state index in [0.717, 1.165) is 24.1 Å². The molecule has 0 saturated carbocycles. The summed E-state index contributed by atoms with van der Waals surface area (Å²) in [6, 6.07) is 13.7. The first-order valence-corrected chi connectivity index (χ1v) is 10.7. The number of ether oxygens (including phenoxy) is 1. The Balaban J connectivity index is 1.76. The summed E-state index contributed by atoms with van der Waals surface area (Å²) in [7, 11) is 1.57. The quantitative estimate of drug-likeness (QED) is 0.601. The number of aryl methyl sites for hydroxylation is 1. The predicted octanol–water partition coefficient (Wildman–Crippen LogP) is 4.67. The standard InChI is InChI=1S/C24H30F3N3O2/c1-16-11-18(13-20(12-16)24(25,26)27)17(2)32-15-23(19-7-5-4-6-8-19)10-9-21(14-29-23)30-22(31)28-3/h4-8,11-13,17,21,29H,9-10,14-15H2,1-3H3,(H2,28,30,31)/t17-,21+,23-/m1/s1. The van der Waals surface area contributed by atoms with Crippen molar-refractivity contribution in [2.24, 2.45) is 0 Å². The Hall–Kier alpha value is -2.58. The molecule has 3 atom stereocenters. The Morgan fingerprint density at radius 2 is 1.97 bits per heavy atom. The first kappa shape index (κ1) is 24.1. The highest BCUT2D eigenvalue weighted by atomic mass is 19.4. The number of carbonyl (C=O) groups excluding carboxylic acids is 1. The van der Waals surface area contributed by atoms with E-state index in [1.807, 2.05) is 30.3 Å². The van der Waals surface area contributed by atoms with Gasteiger partial charge in [-0.25, -0.2) is 4.79 Å². The molecule has 5 nitrogen and oxygen atoms in total. The largest absolute Gasteiger partial charge is 0.416 e. The molecular formula is C24H30F3N3O2. The molecule has 1 aliphatic rings. The van der Waals surface area contributed by atoms with Gasteiger partial charge in [-0.15, -0.1) is 0 Å². The van der Waals surface area contributed by atoms with Gasteiger partial charge in [0.1, 0.15) is 0 Å². The van der Waals surface area contributed by atoms with Crippen LogP contribution in [0.15, 0.2) is 48.5 Å². The fourth-order valence-electron chi connectivity index (χ4n) is 4.10. The van der Waals surface area contributed by atoms with Crippen LogP contribution in [0.5, 0.6) is 0 Å². The Kier molecular flexibility index (Phi) is 7.46. The minimum absolute atomic E-state index is 0.0182. The number of rotatable bonds is 6. The van der Waals surface area contributed by atoms with E-state index in [-0.39, 0.29) is 12.1 Å². The molecule has 0 radical (unpaired) electrons. The summed E-state index contributed by atoms with van der Waals surface area (Å²) in [6.07, 6.45) is -3.46. The molecule has 3 N–H and O–H groups in total. The summed E-state index contributed by atoms with van der Waals surface area (Å²) < 4.78 is 45.9. The number of nitrogens with one attached hydrogen (secondary N) is 3. The van der Waals surface area contributed by atoms with E-state index in [9.17, 15) is 18.0 Å². The lowest BCUT2D eigenvalue weighted by Crippen LogP contribution is -2.57. The SMILES string of the molecule is CNC(=O)N[C@H]1CC[C@@](CO[C@H](C)c2cc(C)cc(C(F)(F)F)c2)(c2ccccc2)NC1. The lowest BCUT2D eigenvalue weighted by atomic mass is 9.81. The highest BCUT2D eigenvalue weighted by molar-refractivity contribution is 5.73. The molecule has 0 spiro atoms. The van der Waals surface area contributed by atoms with E-state index < -0.39 is 23.4 Å². The Labute approximate surface area is 186 Å². The number of halogens is 3. The van der Waals surface area contributed by atoms with E-state index in [1.54, 1.807) is 27.0 Å². The Morgan fingerprint density at radius 3 is 2.56 bits per heavy atom. The maximum atomic E-state index is 13.2. The van der Waals surface area contributed by atoms with Gasteiger partial charge in [-0.1, -0.05) is 42.0 Å². The molecule has 1 saturated heterocycles. The number of piperidine rings is 1. The van der Waals surface area contributed by atoms with Gasteiger partial charge in [0.15, 0.2) is 0 Å². The lowest BCUT2D eigenvalue weighted by Gasteiger charge is -2.42. The van der Waals surface area contributed by atoms with Crippen molar-refractivity contribution in [3.63, 3.8) is 0 Å². The van der Waals surface area contributed by atoms with Crippen LogP contribution in [0.2, 0.25) is 0 Å². The van der Waals surface area contributed by atoms with Crippen LogP contribution in [-0.4, -0.2) is 32.3 Å². The van der Waals surface area contributed by atoms with Gasteiger partial charge in [0.2, 0.25) is 0 Å². The molecule has 0 unspecified atom stereocenters. The summed E-state index contributed by atoms with van der Waals surface area (Å²) in [5.74, 6) is 0. The van der Waals surface area contributed by atoms with Crippen molar-refractivity contribution in [1.29, 1.82) is 0 Å². The van der Waals surface area contributed by atoms with Crippen molar-refractivity contribution in [2.45, 2.75) is 50.6 Å². The third-order valence-electron chi connectivity index (χ3n) is 5.97. The fourth-order valence-corrected chi connectivity index (χ4v) is 4.10. The Bertz CT molecular complexity index is 910. The van der Waals surface area contributed by atoms with Gasteiger partial charge in [-0.3, -0.25) is 0 Å². The van der Waals surface area contributed by atoms with Crippen molar-refractivity contribution >= 4 is 6.03 Å². The van der Waals surface area contributed by atoms with Crippen LogP contribution in [0.4, 0.5) is 18.0 Å². The number of benzene rings is 2. The van der Waals surface area contributed by atoms with Crippen LogP contribution in [0, 0.1) is 6.92 Å². The number of alkyl halides is 3. The minimum Gasteiger partial charge on any atom is -0.372 e. The molecule has 0 aliphatic carbocycles. The normalized spacial score (nSPS) is 22.2. The number of carbonyl (C=O) groups is 1. The molecule has 0 bridgehead atoms. The molecule has 174 valence electrons. The van der Waals surface area contributed by atoms with E-state index in [2.05, 4.69) is 16.0 Å². The maximum Gasteiger partial charge on any atom is 0.416 e. The average Bonchev–Trinajstić information content (AvgIpc) is 2.78. The summed E-state index contributed by atoms with van der Waals surface area (Å²) in [5, 5.41) is 9.01. The highest BCUT2D eigenvalue weighted by Crippen LogP contribution is 2.35. The van der Waals surface area contributed by atoms with Gasteiger partial charge < -0.3 is 20.7 Å². The predicted molar refractivity (Wildman–Crippen MR) is 117 cm³/mol. The second-order valence-electron chi connectivity index (χ2n) is 8.37. The molecular weight excluding hydrogens is 419 g/mol. The Morgan fingerprint density at radius 1 is 1.25 bits per heavy atom. The second-order valence-corrected chi connectivity index (χ2v) is 8.37. The van der Waals surface area contributed by atoms with Gasteiger partial charge in [-0.2, -0.15) is 13.2 Å². The van der Waals surface area contributed by atoms with Crippen LogP contribution in [-0.2, 0) is 16.5 Å². The third kappa shape index (κ3) is 5.81. The minimum atomic E-state index is -4.40. The summed E-state index contributed by atoms with van der Waals surface area (Å²) >= 11 is 0. The molecule has 2 aromatic carbocycles. The summed E-state index contributed by atoms with van der Waals surface area (Å²) in [6.45, 7) is 4.27. The number of hydrogen-bond donors (Lipinski definition) is 3. The molecule has 0 aromatic heterocycles. The number of urea groups is 1. The van der Waals surface area contributed by atoms with E-state index in [4.69, 9.17) is 4.74 Å². The smallest absolute Gasteiger partial charge is 0.372 e. The fraction of sp³-hybridized carbons (Fsp3) is 0.458. The summed E-state index contributed by atoms with van der Waals surface area (Å²) in [5.41, 5.74) is 0.926. The van der Waals surface area contributed by atoms with Crippen molar-refractivity contribution in [2.75, 3.05) is 20.2 Å². The highest BCUT2D eigenvalue weighted by Gasteiger charge is 2.38. The lowest BCUT2D eigenvalue weighted by molar-refractivity contribution is -0.137. The monoisotopic (exact) mass is 449 g/mol. The molecule has 1 aliphatic heterocycles. The van der Waals surface area contributed by atoms with Gasteiger partial charge >= 0.3 is 12.2 Å². The third-order valence-corrected chi connectivity index (χ3v) is 5.97. The van der Waals surface area contributed by atoms with Crippen LogP contribution in [0.3, 0.4) is 0 Å². The van der Waals surface area contributed by atoms with Crippen molar-refractivity contribution in [1.82, 2.24) is 16.0 Å². The topological polar surface area (TPSA) is 62.4 Å².